The fourth-order valence-corrected chi connectivity index (χ4v) is 2.18. The fraction of sp³-hybridized carbons (Fsp3) is 0.294. The Morgan fingerprint density at radius 3 is 2.52 bits per heavy atom. The molecule has 2 rings (SSSR count). The van der Waals surface area contributed by atoms with Gasteiger partial charge in [-0.2, -0.15) is 0 Å². The van der Waals surface area contributed by atoms with E-state index in [0.717, 1.165) is 17.8 Å². The summed E-state index contributed by atoms with van der Waals surface area (Å²) in [6.45, 7) is 1.44. The summed E-state index contributed by atoms with van der Waals surface area (Å²) in [5.41, 5.74) is 3.16. The van der Waals surface area contributed by atoms with Crippen LogP contribution in [0.1, 0.15) is 11.1 Å². The lowest BCUT2D eigenvalue weighted by molar-refractivity contribution is 0.403. The third-order valence-corrected chi connectivity index (χ3v) is 3.27. The van der Waals surface area contributed by atoms with E-state index < -0.39 is 0 Å². The molecular weight excluding hydrogens is 264 g/mol. The number of phenols is 1. The van der Waals surface area contributed by atoms with Crippen LogP contribution in [0.5, 0.6) is 11.5 Å². The number of ether oxygens (including phenoxy) is 1. The molecule has 2 N–H and O–H groups in total. The molecule has 2 aromatic carbocycles. The van der Waals surface area contributed by atoms with Crippen molar-refractivity contribution >= 4 is 5.69 Å². The Labute approximate surface area is 126 Å². The predicted molar refractivity (Wildman–Crippen MR) is 85.8 cm³/mol. The van der Waals surface area contributed by atoms with Crippen molar-refractivity contribution in [3.05, 3.63) is 53.6 Å². The number of benzene rings is 2. The van der Waals surface area contributed by atoms with Crippen molar-refractivity contribution in [2.45, 2.75) is 13.1 Å². The Morgan fingerprint density at radius 1 is 1.10 bits per heavy atom. The molecule has 0 bridgehead atoms. The number of aromatic hydroxyl groups is 1. The van der Waals surface area contributed by atoms with Gasteiger partial charge in [-0.05, 0) is 37.9 Å². The predicted octanol–water partition coefficient (Wildman–Crippen LogP) is 3.07. The molecule has 0 spiro atoms. The van der Waals surface area contributed by atoms with Gasteiger partial charge in [0.2, 0.25) is 0 Å². The SMILES string of the molecule is COc1ccc(CNc2ccccc2CN(C)C)c(O)c1. The lowest BCUT2D eigenvalue weighted by atomic mass is 10.1. The number of hydrogen-bond acceptors (Lipinski definition) is 4. The van der Waals surface area contributed by atoms with E-state index in [0.29, 0.717) is 12.3 Å². The first-order valence-electron chi connectivity index (χ1n) is 6.92. The first kappa shape index (κ1) is 15.2. The van der Waals surface area contributed by atoms with E-state index in [4.69, 9.17) is 4.74 Å². The van der Waals surface area contributed by atoms with Gasteiger partial charge in [0, 0.05) is 30.4 Å². The van der Waals surface area contributed by atoms with Crippen LogP contribution in [0.2, 0.25) is 0 Å². The van der Waals surface area contributed by atoms with E-state index in [-0.39, 0.29) is 5.75 Å². The molecule has 4 nitrogen and oxygen atoms in total. The average Bonchev–Trinajstić information content (AvgIpc) is 2.46. The molecule has 0 aliphatic rings. The highest BCUT2D eigenvalue weighted by Crippen LogP contribution is 2.25. The summed E-state index contributed by atoms with van der Waals surface area (Å²) in [6.07, 6.45) is 0. The smallest absolute Gasteiger partial charge is 0.124 e. The number of para-hydroxylation sites is 1. The molecule has 0 amide bonds. The normalized spacial score (nSPS) is 10.7. The van der Waals surface area contributed by atoms with E-state index in [9.17, 15) is 5.11 Å². The molecular formula is C17H22N2O2. The molecule has 0 heterocycles. The van der Waals surface area contributed by atoms with Crippen molar-refractivity contribution < 1.29 is 9.84 Å². The lowest BCUT2D eigenvalue weighted by Crippen LogP contribution is -2.12. The monoisotopic (exact) mass is 286 g/mol. The van der Waals surface area contributed by atoms with Crippen LogP contribution in [0.15, 0.2) is 42.5 Å². The fourth-order valence-electron chi connectivity index (χ4n) is 2.18. The highest BCUT2D eigenvalue weighted by Gasteiger charge is 2.06. The third kappa shape index (κ3) is 4.13. The van der Waals surface area contributed by atoms with Gasteiger partial charge in [0.1, 0.15) is 11.5 Å². The summed E-state index contributed by atoms with van der Waals surface area (Å²) < 4.78 is 5.09. The molecule has 0 saturated heterocycles. The third-order valence-electron chi connectivity index (χ3n) is 3.27. The number of nitrogens with zero attached hydrogens (tertiary/aromatic N) is 1. The molecule has 0 aliphatic heterocycles. The Morgan fingerprint density at radius 2 is 1.86 bits per heavy atom. The van der Waals surface area contributed by atoms with Crippen LogP contribution in [-0.4, -0.2) is 31.2 Å². The highest BCUT2D eigenvalue weighted by molar-refractivity contribution is 5.52. The summed E-state index contributed by atoms with van der Waals surface area (Å²) >= 11 is 0. The van der Waals surface area contributed by atoms with Crippen molar-refractivity contribution in [3.8, 4) is 11.5 Å². The van der Waals surface area contributed by atoms with Gasteiger partial charge in [-0.25, -0.2) is 0 Å². The minimum atomic E-state index is 0.243. The number of phenolic OH excluding ortho intramolecular Hbond substituents is 1. The standard InChI is InChI=1S/C17H22N2O2/c1-19(2)12-14-6-4-5-7-16(14)18-11-13-8-9-15(21-3)10-17(13)20/h4-10,18,20H,11-12H2,1-3H3. The zero-order valence-electron chi connectivity index (χ0n) is 12.8. The number of rotatable bonds is 6. The van der Waals surface area contributed by atoms with Crippen molar-refractivity contribution in [3.63, 3.8) is 0 Å². The van der Waals surface area contributed by atoms with Gasteiger partial charge in [0.05, 0.1) is 7.11 Å². The van der Waals surface area contributed by atoms with E-state index in [2.05, 4.69) is 22.3 Å². The van der Waals surface area contributed by atoms with E-state index >= 15 is 0 Å². The quantitative estimate of drug-likeness (QED) is 0.856. The van der Waals surface area contributed by atoms with Crippen LogP contribution < -0.4 is 10.1 Å². The van der Waals surface area contributed by atoms with E-state index in [1.165, 1.54) is 5.56 Å². The summed E-state index contributed by atoms with van der Waals surface area (Å²) in [5, 5.41) is 13.4. The van der Waals surface area contributed by atoms with Gasteiger partial charge in [-0.1, -0.05) is 18.2 Å². The van der Waals surface area contributed by atoms with E-state index in [1.54, 1.807) is 13.2 Å². The van der Waals surface area contributed by atoms with Crippen LogP contribution in [0.3, 0.4) is 0 Å². The number of hydrogen-bond donors (Lipinski definition) is 2. The zero-order chi connectivity index (χ0) is 15.2. The molecule has 0 saturated carbocycles. The Balaban J connectivity index is 2.09. The maximum absolute atomic E-state index is 9.99. The molecule has 0 unspecified atom stereocenters. The lowest BCUT2D eigenvalue weighted by Gasteiger charge is -2.16. The molecule has 0 aliphatic carbocycles. The van der Waals surface area contributed by atoms with Crippen LogP contribution in [0.25, 0.3) is 0 Å². The van der Waals surface area contributed by atoms with Gasteiger partial charge < -0.3 is 20.1 Å². The van der Waals surface area contributed by atoms with Crippen LogP contribution in [0.4, 0.5) is 5.69 Å². The van der Waals surface area contributed by atoms with Crippen LogP contribution >= 0.6 is 0 Å². The highest BCUT2D eigenvalue weighted by atomic mass is 16.5. The zero-order valence-corrected chi connectivity index (χ0v) is 12.8. The molecule has 0 fully saturated rings. The van der Waals surface area contributed by atoms with Crippen molar-refractivity contribution in [2.75, 3.05) is 26.5 Å². The molecule has 2 aromatic rings. The van der Waals surface area contributed by atoms with Crippen molar-refractivity contribution in [1.29, 1.82) is 0 Å². The minimum Gasteiger partial charge on any atom is -0.507 e. The number of nitrogens with one attached hydrogen (secondary N) is 1. The molecule has 112 valence electrons. The van der Waals surface area contributed by atoms with Gasteiger partial charge in [0.25, 0.3) is 0 Å². The van der Waals surface area contributed by atoms with Crippen molar-refractivity contribution in [2.24, 2.45) is 0 Å². The van der Waals surface area contributed by atoms with E-state index in [1.807, 2.05) is 38.4 Å². The maximum Gasteiger partial charge on any atom is 0.124 e. The molecule has 0 aromatic heterocycles. The second kappa shape index (κ2) is 6.99. The van der Waals surface area contributed by atoms with Crippen LogP contribution in [0, 0.1) is 0 Å². The second-order valence-electron chi connectivity index (χ2n) is 5.24. The van der Waals surface area contributed by atoms with Gasteiger partial charge >= 0.3 is 0 Å². The summed E-state index contributed by atoms with van der Waals surface area (Å²) in [7, 11) is 5.68. The van der Waals surface area contributed by atoms with Gasteiger partial charge in [-0.15, -0.1) is 0 Å². The largest absolute Gasteiger partial charge is 0.507 e. The Kier molecular flexibility index (Phi) is 5.06. The minimum absolute atomic E-state index is 0.243. The van der Waals surface area contributed by atoms with Crippen molar-refractivity contribution in [1.82, 2.24) is 4.90 Å². The topological polar surface area (TPSA) is 44.7 Å². The summed E-state index contributed by atoms with van der Waals surface area (Å²) in [6, 6.07) is 13.6. The molecule has 0 radical (unpaired) electrons. The summed E-state index contributed by atoms with van der Waals surface area (Å²) in [4.78, 5) is 2.13. The molecule has 4 heteroatoms. The number of methoxy groups -OCH3 is 1. The Bertz CT molecular complexity index is 597. The van der Waals surface area contributed by atoms with Crippen LogP contribution in [-0.2, 0) is 13.1 Å². The molecule has 0 atom stereocenters. The average molecular weight is 286 g/mol. The molecule has 21 heavy (non-hydrogen) atoms. The van der Waals surface area contributed by atoms with Gasteiger partial charge in [-0.3, -0.25) is 0 Å². The summed E-state index contributed by atoms with van der Waals surface area (Å²) in [5.74, 6) is 0.899. The first-order chi connectivity index (χ1) is 10.1. The Hall–Kier alpha value is -2.20. The number of anilines is 1. The first-order valence-corrected chi connectivity index (χ1v) is 6.92. The maximum atomic E-state index is 9.99. The van der Waals surface area contributed by atoms with Gasteiger partial charge in [0.15, 0.2) is 0 Å². The second-order valence-corrected chi connectivity index (χ2v) is 5.24.